The number of ether oxygens (including phenoxy) is 2. The molecule has 4 N–H and O–H groups in total. The molecule has 0 unspecified atom stereocenters. The summed E-state index contributed by atoms with van der Waals surface area (Å²) >= 11 is 0. The number of fused-ring (bicyclic) bond motifs is 2. The Labute approximate surface area is 285 Å². The van der Waals surface area contributed by atoms with E-state index < -0.39 is 41.0 Å². The van der Waals surface area contributed by atoms with Crippen LogP contribution < -0.4 is 0 Å². The van der Waals surface area contributed by atoms with Gasteiger partial charge in [-0.15, -0.1) is 0 Å². The maximum Gasteiger partial charge on any atom is 0.338 e. The average Bonchev–Trinajstić information content (AvgIpc) is 3.65. The van der Waals surface area contributed by atoms with Gasteiger partial charge in [-0.25, -0.2) is 9.59 Å². The van der Waals surface area contributed by atoms with Gasteiger partial charge in [-0.3, -0.25) is 0 Å². The van der Waals surface area contributed by atoms with Crippen molar-refractivity contribution in [1.82, 2.24) is 0 Å². The molecular formula is C40H56O8. The summed E-state index contributed by atoms with van der Waals surface area (Å²) < 4.78 is 11.4. The van der Waals surface area contributed by atoms with E-state index in [0.717, 1.165) is 49.7 Å². The number of aliphatic hydroxyl groups excluding tert-OH is 4. The third-order valence-electron chi connectivity index (χ3n) is 14.6. The van der Waals surface area contributed by atoms with E-state index in [2.05, 4.69) is 33.1 Å². The third-order valence-corrected chi connectivity index (χ3v) is 14.6. The maximum absolute atomic E-state index is 13.5. The Morgan fingerprint density at radius 3 is 2.04 bits per heavy atom. The van der Waals surface area contributed by atoms with Crippen LogP contribution in [-0.2, 0) is 19.1 Å². The van der Waals surface area contributed by atoms with Crippen molar-refractivity contribution in [3.8, 4) is 0 Å². The van der Waals surface area contributed by atoms with Crippen LogP contribution in [0.25, 0.3) is 0 Å². The van der Waals surface area contributed by atoms with Gasteiger partial charge in [0.05, 0.1) is 31.0 Å². The highest BCUT2D eigenvalue weighted by Crippen LogP contribution is 2.63. The smallest absolute Gasteiger partial charge is 0.338 e. The Morgan fingerprint density at radius 1 is 0.875 bits per heavy atom. The summed E-state index contributed by atoms with van der Waals surface area (Å²) in [5.41, 5.74) is 1.44. The van der Waals surface area contributed by atoms with Crippen LogP contribution >= 0.6 is 0 Å². The van der Waals surface area contributed by atoms with Gasteiger partial charge in [0, 0.05) is 28.2 Å². The second kappa shape index (κ2) is 12.7. The molecule has 48 heavy (non-hydrogen) atoms. The highest BCUT2D eigenvalue weighted by molar-refractivity contribution is 5.95. The minimum atomic E-state index is -0.662. The van der Waals surface area contributed by atoms with Gasteiger partial charge < -0.3 is 29.9 Å². The van der Waals surface area contributed by atoms with Crippen LogP contribution in [0.2, 0.25) is 0 Å². The Balaban J connectivity index is 1.30. The molecule has 264 valence electrons. The number of cyclic esters (lactones) is 2. The molecule has 6 aliphatic rings. The van der Waals surface area contributed by atoms with Crippen molar-refractivity contribution in [2.45, 2.75) is 104 Å². The SMILES string of the molecule is C=C1CC[C@@H]2[C@](C)(CO)[C@H](O)CC[C@@]2(C)[C@@H]1/C=C/C1=C[C@H]([C@H](C[C@@H]2C(=C)CC[C@@H]3[C@](C)(CO)[C@H](O)CC[C@]32C)C2=CCOC2=O)OC1=O. The van der Waals surface area contributed by atoms with E-state index in [1.165, 1.54) is 0 Å². The molecule has 2 heterocycles. The molecule has 0 aromatic carbocycles. The minimum Gasteiger partial charge on any atom is -0.458 e. The van der Waals surface area contributed by atoms with E-state index in [1.807, 2.05) is 26.0 Å². The van der Waals surface area contributed by atoms with Gasteiger partial charge in [0.1, 0.15) is 12.7 Å². The first-order chi connectivity index (χ1) is 22.6. The zero-order chi connectivity index (χ0) is 34.8. The van der Waals surface area contributed by atoms with Crippen molar-refractivity contribution in [2.24, 2.45) is 51.2 Å². The molecular weight excluding hydrogens is 608 g/mol. The van der Waals surface area contributed by atoms with Crippen LogP contribution in [-0.4, -0.2) is 70.5 Å². The molecule has 0 saturated heterocycles. The lowest BCUT2D eigenvalue weighted by Crippen LogP contribution is -2.57. The zero-order valence-electron chi connectivity index (χ0n) is 29.2. The first-order valence-electron chi connectivity index (χ1n) is 18.1. The van der Waals surface area contributed by atoms with Gasteiger partial charge >= 0.3 is 11.9 Å². The van der Waals surface area contributed by atoms with Crippen molar-refractivity contribution < 1.29 is 39.5 Å². The number of carbonyl (C=O) groups excluding carboxylic acids is 2. The lowest BCUT2D eigenvalue weighted by atomic mass is 9.45. The molecule has 0 bridgehead atoms. The van der Waals surface area contributed by atoms with Gasteiger partial charge in [-0.05, 0) is 98.5 Å². The standard InChI is InChI=1S/C40H56O8/c1-23-7-11-31-37(3,16-13-33(43)39(31,5)21-41)28(23)10-9-25-19-30(48-35(25)45)27(26-15-18-47-36(26)46)20-29-24(2)8-12-32-38(29,4)17-14-34(44)40(32,6)22-42/h9-10,15,19,27-34,41-44H,1-2,7-8,11-14,16-18,20-22H2,3-6H3/b10-9+/t27-,28-,29-,30-,31+,32+,33-,34-,37+,38+,39+,40+/m1/s1. The predicted molar refractivity (Wildman–Crippen MR) is 182 cm³/mol. The van der Waals surface area contributed by atoms with Crippen molar-refractivity contribution in [2.75, 3.05) is 19.8 Å². The van der Waals surface area contributed by atoms with E-state index >= 15 is 0 Å². The Morgan fingerprint density at radius 2 is 1.46 bits per heavy atom. The topological polar surface area (TPSA) is 134 Å². The maximum atomic E-state index is 13.5. The highest BCUT2D eigenvalue weighted by atomic mass is 16.6. The van der Waals surface area contributed by atoms with Gasteiger partial charge in [0.2, 0.25) is 0 Å². The molecule has 2 aliphatic heterocycles. The summed E-state index contributed by atoms with van der Waals surface area (Å²) in [6, 6.07) is 0. The molecule has 6 rings (SSSR count). The molecule has 12 atom stereocenters. The fourth-order valence-electron chi connectivity index (χ4n) is 11.5. The molecule has 4 fully saturated rings. The average molecular weight is 665 g/mol. The van der Waals surface area contributed by atoms with E-state index in [9.17, 15) is 30.0 Å². The zero-order valence-corrected chi connectivity index (χ0v) is 29.2. The molecule has 8 heteroatoms. The molecule has 4 saturated carbocycles. The van der Waals surface area contributed by atoms with Crippen molar-refractivity contribution in [3.63, 3.8) is 0 Å². The van der Waals surface area contributed by atoms with Crippen LogP contribution in [0.1, 0.15) is 85.5 Å². The second-order valence-electron chi connectivity index (χ2n) is 16.9. The molecule has 8 nitrogen and oxygen atoms in total. The quantitative estimate of drug-likeness (QED) is 0.201. The van der Waals surface area contributed by atoms with Crippen molar-refractivity contribution in [1.29, 1.82) is 0 Å². The summed E-state index contributed by atoms with van der Waals surface area (Å²) in [7, 11) is 0. The first kappa shape index (κ1) is 35.3. The van der Waals surface area contributed by atoms with Gasteiger partial charge in [-0.1, -0.05) is 64.2 Å². The number of esters is 2. The fraction of sp³-hybridized carbons (Fsp3) is 0.700. The van der Waals surface area contributed by atoms with Crippen LogP contribution in [0.4, 0.5) is 0 Å². The van der Waals surface area contributed by atoms with E-state index in [1.54, 1.807) is 6.08 Å². The van der Waals surface area contributed by atoms with Gasteiger partial charge in [0.15, 0.2) is 0 Å². The molecule has 0 radical (unpaired) electrons. The molecule has 0 aromatic heterocycles. The number of hydrogen-bond donors (Lipinski definition) is 4. The Hall–Kier alpha value is -2.52. The molecule has 0 spiro atoms. The van der Waals surface area contributed by atoms with Crippen LogP contribution in [0.3, 0.4) is 0 Å². The number of hydrogen-bond acceptors (Lipinski definition) is 8. The Bertz CT molecular complexity index is 1440. The summed E-state index contributed by atoms with van der Waals surface area (Å²) in [4.78, 5) is 26.5. The van der Waals surface area contributed by atoms with E-state index in [4.69, 9.17) is 9.47 Å². The second-order valence-corrected chi connectivity index (χ2v) is 16.9. The number of carbonyl (C=O) groups is 2. The summed E-state index contributed by atoms with van der Waals surface area (Å²) in [5.74, 6) is -1.13. The van der Waals surface area contributed by atoms with Gasteiger partial charge in [0.25, 0.3) is 0 Å². The predicted octanol–water partition coefficient (Wildman–Crippen LogP) is 5.37. The number of allylic oxidation sites excluding steroid dienone is 3. The molecule has 4 aliphatic carbocycles. The molecule has 0 amide bonds. The summed E-state index contributed by atoms with van der Waals surface area (Å²) in [6.07, 6.45) is 12.3. The minimum absolute atomic E-state index is 0.00875. The highest BCUT2D eigenvalue weighted by Gasteiger charge is 2.59. The lowest BCUT2D eigenvalue weighted by Gasteiger charge is -2.60. The molecule has 0 aromatic rings. The lowest BCUT2D eigenvalue weighted by molar-refractivity contribution is -0.156. The summed E-state index contributed by atoms with van der Waals surface area (Å²) in [6.45, 7) is 17.4. The fourth-order valence-corrected chi connectivity index (χ4v) is 11.5. The third kappa shape index (κ3) is 5.41. The monoisotopic (exact) mass is 664 g/mol. The van der Waals surface area contributed by atoms with E-state index in [-0.39, 0.29) is 60.3 Å². The van der Waals surface area contributed by atoms with E-state index in [0.29, 0.717) is 30.4 Å². The van der Waals surface area contributed by atoms with Gasteiger partial charge in [-0.2, -0.15) is 0 Å². The van der Waals surface area contributed by atoms with Crippen molar-refractivity contribution in [3.05, 3.63) is 59.8 Å². The number of rotatable bonds is 8. The van der Waals surface area contributed by atoms with Crippen LogP contribution in [0, 0.1) is 51.2 Å². The normalized spacial score (nSPS) is 45.3. The Kier molecular flexibility index (Phi) is 9.32. The van der Waals surface area contributed by atoms with Crippen LogP contribution in [0.5, 0.6) is 0 Å². The summed E-state index contributed by atoms with van der Waals surface area (Å²) in [5, 5.41) is 42.7. The largest absolute Gasteiger partial charge is 0.458 e. The van der Waals surface area contributed by atoms with Crippen molar-refractivity contribution >= 4 is 11.9 Å². The first-order valence-corrected chi connectivity index (χ1v) is 18.1. The number of aliphatic hydroxyl groups is 4. The van der Waals surface area contributed by atoms with Crippen LogP contribution in [0.15, 0.2) is 59.8 Å².